The van der Waals surface area contributed by atoms with E-state index in [9.17, 15) is 15.0 Å². The Balaban J connectivity index is 0.660. The first-order valence-electron chi connectivity index (χ1n) is 27.1. The Bertz CT molecular complexity index is 2970. The van der Waals surface area contributed by atoms with Gasteiger partial charge in [0.15, 0.2) is 5.82 Å². The molecule has 7 aliphatic rings. The Morgan fingerprint density at radius 3 is 2.45 bits per heavy atom. The maximum atomic E-state index is 17.2. The summed E-state index contributed by atoms with van der Waals surface area (Å²) in [6.07, 6.45) is 11.9. The van der Waals surface area contributed by atoms with Crippen molar-refractivity contribution in [2.75, 3.05) is 81.9 Å². The minimum atomic E-state index is -0.951. The number of piperidine rings is 4. The van der Waals surface area contributed by atoms with Crippen molar-refractivity contribution >= 4 is 39.1 Å². The van der Waals surface area contributed by atoms with E-state index in [1.807, 2.05) is 18.7 Å². The number of aromatic hydroxyl groups is 1. The van der Waals surface area contributed by atoms with Crippen LogP contribution in [0, 0.1) is 28.4 Å². The van der Waals surface area contributed by atoms with Crippen molar-refractivity contribution < 1.29 is 28.5 Å². The van der Waals surface area contributed by atoms with E-state index in [0.29, 0.717) is 65.5 Å². The summed E-state index contributed by atoms with van der Waals surface area (Å²) >= 11 is 0. The number of benzene rings is 3. The third-order valence-electron chi connectivity index (χ3n) is 18.1. The number of aliphatic hydroxyl groups is 1. The first-order valence-corrected chi connectivity index (χ1v) is 27.1. The summed E-state index contributed by atoms with van der Waals surface area (Å²) in [5.41, 5.74) is 4.99. The van der Waals surface area contributed by atoms with Crippen LogP contribution >= 0.6 is 0 Å². The van der Waals surface area contributed by atoms with E-state index in [0.717, 1.165) is 83.0 Å². The van der Waals surface area contributed by atoms with Gasteiger partial charge in [-0.25, -0.2) is 8.78 Å². The van der Waals surface area contributed by atoms with Crippen molar-refractivity contribution in [1.82, 2.24) is 35.0 Å². The van der Waals surface area contributed by atoms with Crippen LogP contribution in [0.15, 0.2) is 60.9 Å². The van der Waals surface area contributed by atoms with Crippen molar-refractivity contribution in [1.29, 1.82) is 0 Å². The largest absolute Gasteiger partial charge is 0.508 e. The van der Waals surface area contributed by atoms with Crippen molar-refractivity contribution in [2.45, 2.75) is 116 Å². The second-order valence-electron chi connectivity index (χ2n) is 23.5. The summed E-state index contributed by atoms with van der Waals surface area (Å²) < 4.78 is 38.9. The summed E-state index contributed by atoms with van der Waals surface area (Å²) in [5, 5.41) is 26.4. The van der Waals surface area contributed by atoms with Crippen molar-refractivity contribution in [3.63, 3.8) is 0 Å². The molecule has 5 saturated heterocycles. The molecule has 5 aromatic rings. The molecular weight excluding hydrogens is 925 g/mol. The second kappa shape index (κ2) is 18.7. The molecule has 3 N–H and O–H groups in total. The monoisotopic (exact) mass is 996 g/mol. The van der Waals surface area contributed by atoms with Gasteiger partial charge in [0.1, 0.15) is 28.6 Å². The minimum Gasteiger partial charge on any atom is -0.508 e. The molecule has 0 bridgehead atoms. The highest BCUT2D eigenvalue weighted by Gasteiger charge is 2.49. The first kappa shape index (κ1) is 48.5. The van der Waals surface area contributed by atoms with Crippen molar-refractivity contribution in [2.24, 2.45) is 16.7 Å². The predicted molar refractivity (Wildman–Crippen MR) is 281 cm³/mol. The molecule has 13 nitrogen and oxygen atoms in total. The minimum absolute atomic E-state index is 0.0245. The lowest BCUT2D eigenvalue weighted by atomic mass is 9.71. The second-order valence-corrected chi connectivity index (χ2v) is 23.5. The molecule has 386 valence electrons. The van der Waals surface area contributed by atoms with Crippen LogP contribution in [0.3, 0.4) is 0 Å². The van der Waals surface area contributed by atoms with Crippen LogP contribution < -0.4 is 19.9 Å². The van der Waals surface area contributed by atoms with Crippen LogP contribution in [0.2, 0.25) is 0 Å². The third kappa shape index (κ3) is 9.30. The number of amides is 1. The molecule has 0 radical (unpaired) electrons. The van der Waals surface area contributed by atoms with E-state index in [2.05, 4.69) is 61.6 Å². The van der Waals surface area contributed by atoms with E-state index >= 15 is 8.78 Å². The summed E-state index contributed by atoms with van der Waals surface area (Å²) in [5.74, 6) is 0.0894. The lowest BCUT2D eigenvalue weighted by Crippen LogP contribution is -2.61. The number of phenolic OH excluding ortho intramolecular Hbond substituents is 1. The van der Waals surface area contributed by atoms with Crippen LogP contribution in [-0.2, 0) is 17.8 Å². The molecular formula is C58H71F2N9O4. The maximum absolute atomic E-state index is 17.2. The smallest absolute Gasteiger partial charge is 0.319 e. The molecule has 6 fully saturated rings. The number of fused-ring (bicyclic) bond motifs is 3. The Morgan fingerprint density at radius 2 is 1.71 bits per heavy atom. The molecule has 2 aromatic heterocycles. The zero-order valence-electron chi connectivity index (χ0n) is 42.9. The van der Waals surface area contributed by atoms with Gasteiger partial charge < -0.3 is 39.9 Å². The molecule has 3 atom stereocenters. The Labute approximate surface area is 427 Å². The van der Waals surface area contributed by atoms with Gasteiger partial charge in [-0.3, -0.25) is 14.7 Å². The van der Waals surface area contributed by atoms with E-state index in [1.54, 1.807) is 18.3 Å². The summed E-state index contributed by atoms with van der Waals surface area (Å²) in [7, 11) is 0. The highest BCUT2D eigenvalue weighted by molar-refractivity contribution is 6.02. The normalized spacial score (nSPS) is 25.6. The molecule has 1 aliphatic carbocycles. The number of β-amino-alcohol motifs (C(OH)–C–C–N with tert-alkyl or cyclic N) is 1. The number of pyridine rings is 1. The predicted octanol–water partition coefficient (Wildman–Crippen LogP) is 8.88. The molecule has 2 unspecified atom stereocenters. The van der Waals surface area contributed by atoms with E-state index in [-0.39, 0.29) is 51.9 Å². The van der Waals surface area contributed by atoms with E-state index < -0.39 is 17.2 Å². The number of phenols is 1. The van der Waals surface area contributed by atoms with Crippen LogP contribution in [0.1, 0.15) is 108 Å². The molecule has 1 spiro atoms. The molecule has 1 saturated carbocycles. The molecule has 12 rings (SSSR count). The summed E-state index contributed by atoms with van der Waals surface area (Å²) in [4.78, 5) is 39.3. The van der Waals surface area contributed by atoms with Crippen LogP contribution in [0.25, 0.3) is 32.9 Å². The fraction of sp³-hybridized carbons (Fsp3) is 0.552. The molecule has 1 amide bonds. The van der Waals surface area contributed by atoms with Crippen LogP contribution in [0.5, 0.6) is 11.8 Å². The van der Waals surface area contributed by atoms with E-state index in [1.165, 1.54) is 74.3 Å². The average Bonchev–Trinajstić information content (AvgIpc) is 4.06. The first-order chi connectivity index (χ1) is 35.1. The van der Waals surface area contributed by atoms with Gasteiger partial charge in [0.25, 0.3) is 0 Å². The molecule has 6 aliphatic heterocycles. The van der Waals surface area contributed by atoms with Gasteiger partial charge in [0.2, 0.25) is 5.91 Å². The molecule has 8 heterocycles. The van der Waals surface area contributed by atoms with Crippen LogP contribution in [-0.4, -0.2) is 129 Å². The van der Waals surface area contributed by atoms with Crippen molar-refractivity contribution in [3.05, 3.63) is 89.3 Å². The van der Waals surface area contributed by atoms with Gasteiger partial charge >= 0.3 is 6.01 Å². The number of carbonyl (C=O) groups excluding carboxylic acids is 1. The average molecular weight is 996 g/mol. The van der Waals surface area contributed by atoms with Gasteiger partial charge in [-0.15, -0.1) is 0 Å². The maximum Gasteiger partial charge on any atom is 0.319 e. The Hall–Kier alpha value is -5.48. The molecule has 15 heteroatoms. The number of rotatable bonds is 12. The Morgan fingerprint density at radius 1 is 0.918 bits per heavy atom. The highest BCUT2D eigenvalue weighted by Crippen LogP contribution is 2.49. The number of halogens is 2. The van der Waals surface area contributed by atoms with Crippen molar-refractivity contribution in [3.8, 4) is 23.0 Å². The number of aryl methyl sites for hydroxylation is 1. The highest BCUT2D eigenvalue weighted by atomic mass is 19.1. The van der Waals surface area contributed by atoms with E-state index in [4.69, 9.17) is 14.7 Å². The number of allylic oxidation sites excluding steroid dienone is 1. The van der Waals surface area contributed by atoms with Crippen LogP contribution in [0.4, 0.5) is 20.3 Å². The van der Waals surface area contributed by atoms with Gasteiger partial charge in [-0.2, -0.15) is 9.97 Å². The zero-order chi connectivity index (χ0) is 50.4. The number of hydrogen-bond donors (Lipinski definition) is 3. The third-order valence-corrected chi connectivity index (χ3v) is 18.1. The number of ether oxygens (including phenoxy) is 1. The Kier molecular flexibility index (Phi) is 12.4. The number of carbonyl (C=O) groups is 1. The zero-order valence-corrected chi connectivity index (χ0v) is 42.9. The van der Waals surface area contributed by atoms with Gasteiger partial charge in [0.05, 0.1) is 23.6 Å². The standard InChI is InChI=1S/C58H71F2N9O4/c1-5-43-47(59)11-8-39-26-42(70)27-45(49(39)43)51-50(60)52-46(28-61-51)53(68-20-6-15-56(4,72)31-68)64-55(63-52)73-35-58(16-17-58)34-65-23-18-57(19-24-65)32-66(33-57)29-38-13-21-67(22-14-38)41-9-10-44-37(3)69(30-40(44)25-41)48-12-7-36(2)62-54(48)71/h8-11,25-28,37-38,48,70,72H,2,5-7,12-24,29-35H2,1,3-4H3,(H,62,71)/t37?,48?,56-/m1/s1. The topological polar surface area (TPSA) is 134 Å². The van der Waals surface area contributed by atoms with Gasteiger partial charge in [-0.05, 0) is 167 Å². The number of aromatic nitrogens is 3. The number of likely N-dealkylation sites (tertiary alicyclic amines) is 2. The summed E-state index contributed by atoms with van der Waals surface area (Å²) in [6.45, 7) is 20.9. The fourth-order valence-electron chi connectivity index (χ4n) is 13.7. The van der Waals surface area contributed by atoms with Gasteiger partial charge in [0, 0.05) is 93.5 Å². The lowest BCUT2D eigenvalue weighted by Gasteiger charge is -2.55. The summed E-state index contributed by atoms with van der Waals surface area (Å²) in [6, 6.07) is 13.2. The molecule has 3 aromatic carbocycles. The number of nitrogens with one attached hydrogen (secondary N) is 1. The number of nitrogens with zero attached hydrogens (tertiary/aromatic N) is 8. The SMILES string of the molecule is C=C1CCC(N2Cc3cc(N4CCC(CN5CC6(CCN(CC7(COc8nc(N9CCC[C@@](C)(O)C9)c9cnc(-c%10cc(O)cc%11ccc(F)c(CC)c%10%11)c(F)c9n8)CC7)CC6)C5)CC4)ccc3C2C)C(=O)N1. The fourth-order valence-corrected chi connectivity index (χ4v) is 13.7. The van der Waals surface area contributed by atoms with Gasteiger partial charge in [-0.1, -0.05) is 25.6 Å². The quantitative estimate of drug-likeness (QED) is 0.110. The number of anilines is 2. The molecule has 73 heavy (non-hydrogen) atoms. The number of hydrogen-bond acceptors (Lipinski definition) is 12. The lowest BCUT2D eigenvalue weighted by molar-refractivity contribution is -0.128.